The Morgan fingerprint density at radius 2 is 1.96 bits per heavy atom. The van der Waals surface area contributed by atoms with Crippen molar-refractivity contribution in [3.8, 4) is 0 Å². The molecule has 0 saturated heterocycles. The monoisotopic (exact) mass is 347 g/mol. The summed E-state index contributed by atoms with van der Waals surface area (Å²) >= 11 is 6.06. The maximum atomic E-state index is 11.7. The molecule has 0 radical (unpaired) electrons. The topological polar surface area (TPSA) is 73.2 Å². The summed E-state index contributed by atoms with van der Waals surface area (Å²) in [7, 11) is 1.71. The number of halogens is 1. The van der Waals surface area contributed by atoms with E-state index in [0.717, 1.165) is 5.56 Å². The van der Waals surface area contributed by atoms with Crippen LogP contribution >= 0.6 is 11.6 Å². The molecule has 0 fully saturated rings. The molecule has 1 amide bonds. The van der Waals surface area contributed by atoms with Crippen molar-refractivity contribution >= 4 is 35.2 Å². The fourth-order valence-electron chi connectivity index (χ4n) is 2.01. The summed E-state index contributed by atoms with van der Waals surface area (Å²) in [5, 5.41) is 7.20. The number of esters is 1. The van der Waals surface area contributed by atoms with Gasteiger partial charge in [0.2, 0.25) is 0 Å². The van der Waals surface area contributed by atoms with Crippen molar-refractivity contribution in [2.24, 2.45) is 7.05 Å². The van der Waals surface area contributed by atoms with Gasteiger partial charge in [0.25, 0.3) is 5.91 Å². The van der Waals surface area contributed by atoms with Crippen LogP contribution in [0.15, 0.2) is 30.3 Å². The zero-order valence-corrected chi connectivity index (χ0v) is 14.4. The molecule has 0 atom stereocenters. The number of hydrogen-bond donors (Lipinski definition) is 1. The number of ether oxygens (including phenoxy) is 1. The Hall–Kier alpha value is -2.60. The van der Waals surface area contributed by atoms with Crippen LogP contribution in [0.1, 0.15) is 16.8 Å². The highest BCUT2D eigenvalue weighted by molar-refractivity contribution is 6.31. The van der Waals surface area contributed by atoms with Gasteiger partial charge in [0.05, 0.1) is 5.69 Å². The van der Waals surface area contributed by atoms with Gasteiger partial charge in [-0.1, -0.05) is 29.3 Å². The van der Waals surface area contributed by atoms with Crippen molar-refractivity contribution in [2.75, 3.05) is 11.9 Å². The van der Waals surface area contributed by atoms with E-state index >= 15 is 0 Å². The fraction of sp³-hybridized carbons (Fsp3) is 0.235. The molecule has 0 saturated carbocycles. The van der Waals surface area contributed by atoms with E-state index in [0.29, 0.717) is 22.1 Å². The van der Waals surface area contributed by atoms with Gasteiger partial charge in [-0.15, -0.1) is 0 Å². The number of carbonyl (C=O) groups is 2. The number of carbonyl (C=O) groups excluding carboxylic acids is 2. The molecule has 0 unspecified atom stereocenters. The zero-order valence-electron chi connectivity index (χ0n) is 13.7. The summed E-state index contributed by atoms with van der Waals surface area (Å²) in [4.78, 5) is 23.4. The van der Waals surface area contributed by atoms with Gasteiger partial charge in [0, 0.05) is 24.4 Å². The molecule has 126 valence electrons. The van der Waals surface area contributed by atoms with Gasteiger partial charge in [0.15, 0.2) is 6.61 Å². The molecule has 7 heteroatoms. The number of aryl methyl sites for hydroxylation is 3. The predicted molar refractivity (Wildman–Crippen MR) is 92.8 cm³/mol. The smallest absolute Gasteiger partial charge is 0.331 e. The van der Waals surface area contributed by atoms with E-state index < -0.39 is 11.9 Å². The maximum Gasteiger partial charge on any atom is 0.331 e. The second kappa shape index (κ2) is 7.79. The third kappa shape index (κ3) is 4.70. The summed E-state index contributed by atoms with van der Waals surface area (Å²) in [6.45, 7) is 3.37. The van der Waals surface area contributed by atoms with Crippen molar-refractivity contribution in [3.05, 3.63) is 52.3 Å². The van der Waals surface area contributed by atoms with Crippen LogP contribution in [-0.4, -0.2) is 28.3 Å². The van der Waals surface area contributed by atoms with Crippen LogP contribution in [0.4, 0.5) is 5.69 Å². The molecule has 0 aliphatic carbocycles. The number of nitrogens with one attached hydrogen (secondary N) is 1. The highest BCUT2D eigenvalue weighted by Gasteiger charge is 2.09. The number of amides is 1. The second-order valence-electron chi connectivity index (χ2n) is 5.27. The summed E-state index contributed by atoms with van der Waals surface area (Å²) < 4.78 is 6.41. The van der Waals surface area contributed by atoms with Gasteiger partial charge >= 0.3 is 5.97 Å². The maximum absolute atomic E-state index is 11.7. The number of nitrogens with zero attached hydrogens (tertiary/aromatic N) is 2. The van der Waals surface area contributed by atoms with Gasteiger partial charge in [-0.2, -0.15) is 5.10 Å². The van der Waals surface area contributed by atoms with Crippen molar-refractivity contribution in [3.63, 3.8) is 0 Å². The summed E-state index contributed by atoms with van der Waals surface area (Å²) in [6, 6.07) is 7.32. The number of rotatable bonds is 5. The number of benzene rings is 1. The molecule has 1 N–H and O–H groups in total. The Morgan fingerprint density at radius 3 is 2.54 bits per heavy atom. The molecule has 6 nitrogen and oxygen atoms in total. The van der Waals surface area contributed by atoms with Crippen LogP contribution in [0.25, 0.3) is 6.08 Å². The minimum atomic E-state index is -0.631. The predicted octanol–water partition coefficient (Wildman–Crippen LogP) is 2.89. The average Bonchev–Trinajstić information content (AvgIpc) is 2.78. The Morgan fingerprint density at radius 1 is 1.29 bits per heavy atom. The number of hydrogen-bond acceptors (Lipinski definition) is 4. The molecule has 1 aromatic carbocycles. The van der Waals surface area contributed by atoms with E-state index in [2.05, 4.69) is 10.4 Å². The summed E-state index contributed by atoms with van der Waals surface area (Å²) in [5.74, 6) is -1.04. The van der Waals surface area contributed by atoms with E-state index in [9.17, 15) is 9.59 Å². The van der Waals surface area contributed by atoms with Crippen LogP contribution < -0.4 is 5.32 Å². The van der Waals surface area contributed by atoms with Gasteiger partial charge in [0.1, 0.15) is 5.15 Å². The normalized spacial score (nSPS) is 10.8. The van der Waals surface area contributed by atoms with Crippen molar-refractivity contribution < 1.29 is 14.3 Å². The van der Waals surface area contributed by atoms with E-state index in [1.54, 1.807) is 26.1 Å². The largest absolute Gasteiger partial charge is 0.452 e. The zero-order chi connectivity index (χ0) is 17.7. The van der Waals surface area contributed by atoms with Crippen molar-refractivity contribution in [2.45, 2.75) is 13.8 Å². The van der Waals surface area contributed by atoms with E-state index in [1.165, 1.54) is 16.8 Å². The standard InChI is InChI=1S/C17H18ClN3O3/c1-11-4-6-13(7-5-11)19-15(22)10-24-16(23)9-8-14-12(2)20-21(3)17(14)18/h4-9H,10H2,1-3H3,(H,19,22)/b9-8+. The van der Waals surface area contributed by atoms with E-state index in [1.807, 2.05) is 19.1 Å². The minimum Gasteiger partial charge on any atom is -0.452 e. The molecule has 0 aliphatic rings. The average molecular weight is 348 g/mol. The number of anilines is 1. The minimum absolute atomic E-state index is 0.364. The first-order valence-corrected chi connectivity index (χ1v) is 7.65. The van der Waals surface area contributed by atoms with Crippen molar-refractivity contribution in [1.82, 2.24) is 9.78 Å². The Kier molecular flexibility index (Phi) is 5.76. The SMILES string of the molecule is Cc1ccc(NC(=O)COC(=O)/C=C/c2c(C)nn(C)c2Cl)cc1. The van der Waals surface area contributed by atoms with Crippen LogP contribution in [0, 0.1) is 13.8 Å². The third-order valence-electron chi connectivity index (χ3n) is 3.26. The van der Waals surface area contributed by atoms with Gasteiger partial charge < -0.3 is 10.1 Å². The number of aromatic nitrogens is 2. The Balaban J connectivity index is 1.85. The molecule has 2 aromatic rings. The molecule has 24 heavy (non-hydrogen) atoms. The van der Waals surface area contributed by atoms with Crippen LogP contribution in [-0.2, 0) is 21.4 Å². The Labute approximate surface area is 145 Å². The van der Waals surface area contributed by atoms with E-state index in [-0.39, 0.29) is 6.61 Å². The summed E-state index contributed by atoms with van der Waals surface area (Å²) in [6.07, 6.45) is 2.74. The van der Waals surface area contributed by atoms with E-state index in [4.69, 9.17) is 16.3 Å². The molecule has 0 aliphatic heterocycles. The van der Waals surface area contributed by atoms with Crippen molar-refractivity contribution in [1.29, 1.82) is 0 Å². The summed E-state index contributed by atoms with van der Waals surface area (Å²) in [5.41, 5.74) is 3.08. The molecule has 0 spiro atoms. The van der Waals surface area contributed by atoms with Gasteiger partial charge in [-0.25, -0.2) is 4.79 Å². The quantitative estimate of drug-likeness (QED) is 0.666. The lowest BCUT2D eigenvalue weighted by Gasteiger charge is -2.05. The first-order chi connectivity index (χ1) is 11.4. The first kappa shape index (κ1) is 17.7. The molecule has 1 aromatic heterocycles. The lowest BCUT2D eigenvalue weighted by molar-refractivity contribution is -0.142. The molecule has 2 rings (SSSR count). The highest BCUT2D eigenvalue weighted by Crippen LogP contribution is 2.19. The Bertz CT molecular complexity index is 779. The van der Waals surface area contributed by atoms with Gasteiger partial charge in [-0.3, -0.25) is 9.48 Å². The molecular weight excluding hydrogens is 330 g/mol. The second-order valence-corrected chi connectivity index (χ2v) is 5.63. The molecular formula is C17H18ClN3O3. The van der Waals surface area contributed by atoms with Crippen LogP contribution in [0.2, 0.25) is 5.15 Å². The van der Waals surface area contributed by atoms with Gasteiger partial charge in [-0.05, 0) is 32.1 Å². The fourth-order valence-corrected chi connectivity index (χ4v) is 2.24. The van der Waals surface area contributed by atoms with Crippen LogP contribution in [0.3, 0.4) is 0 Å². The molecule has 0 bridgehead atoms. The third-order valence-corrected chi connectivity index (χ3v) is 3.71. The first-order valence-electron chi connectivity index (χ1n) is 7.27. The molecule has 1 heterocycles. The van der Waals surface area contributed by atoms with Crippen LogP contribution in [0.5, 0.6) is 0 Å². The highest BCUT2D eigenvalue weighted by atomic mass is 35.5. The lowest BCUT2D eigenvalue weighted by atomic mass is 10.2. The lowest BCUT2D eigenvalue weighted by Crippen LogP contribution is -2.20.